The van der Waals surface area contributed by atoms with Gasteiger partial charge in [0.05, 0.1) is 6.10 Å². The molecule has 0 aliphatic heterocycles. The Morgan fingerprint density at radius 1 is 1.43 bits per heavy atom. The second kappa shape index (κ2) is 3.37. The molecule has 0 amide bonds. The average molecular weight is 194 g/mol. The van der Waals surface area contributed by atoms with Gasteiger partial charge in [-0.1, -0.05) is 26.0 Å². The highest BCUT2D eigenvalue weighted by Crippen LogP contribution is 2.60. The quantitative estimate of drug-likeness (QED) is 0.670. The Labute approximate surface area is 87.2 Å². The van der Waals surface area contributed by atoms with Crippen molar-refractivity contribution >= 4 is 0 Å². The predicted molar refractivity (Wildman–Crippen MR) is 58.9 cm³/mol. The topological polar surface area (TPSA) is 20.2 Å². The first-order valence-electron chi connectivity index (χ1n) is 5.91. The number of hydrogen-bond acceptors (Lipinski definition) is 1. The van der Waals surface area contributed by atoms with Crippen molar-refractivity contribution in [1.29, 1.82) is 0 Å². The van der Waals surface area contributed by atoms with Crippen LogP contribution in [0.15, 0.2) is 12.2 Å². The third kappa shape index (κ3) is 1.18. The number of rotatable bonds is 2. The molecule has 1 N–H and O–H groups in total. The molecule has 5 unspecified atom stereocenters. The predicted octanol–water partition coefficient (Wildman–Crippen LogP) is 3.00. The Hall–Kier alpha value is -0.300. The molecule has 2 aliphatic carbocycles. The van der Waals surface area contributed by atoms with Gasteiger partial charge in [0.15, 0.2) is 0 Å². The first-order chi connectivity index (χ1) is 6.60. The summed E-state index contributed by atoms with van der Waals surface area (Å²) < 4.78 is 0. The van der Waals surface area contributed by atoms with Crippen LogP contribution in [0.2, 0.25) is 0 Å². The van der Waals surface area contributed by atoms with E-state index in [1.165, 1.54) is 19.3 Å². The summed E-state index contributed by atoms with van der Waals surface area (Å²) in [5.41, 5.74) is 0.148. The molecular formula is C13H22O. The van der Waals surface area contributed by atoms with Crippen LogP contribution in [-0.2, 0) is 0 Å². The molecule has 2 bridgehead atoms. The van der Waals surface area contributed by atoms with Crippen LogP contribution in [0.1, 0.15) is 40.0 Å². The molecule has 5 atom stereocenters. The minimum Gasteiger partial charge on any atom is -0.388 e. The van der Waals surface area contributed by atoms with E-state index in [0.29, 0.717) is 5.92 Å². The fourth-order valence-corrected chi connectivity index (χ4v) is 3.82. The van der Waals surface area contributed by atoms with Gasteiger partial charge in [0.2, 0.25) is 0 Å². The molecule has 2 rings (SSSR count). The molecule has 2 fully saturated rings. The van der Waals surface area contributed by atoms with Crippen LogP contribution < -0.4 is 0 Å². The Morgan fingerprint density at radius 2 is 2.14 bits per heavy atom. The van der Waals surface area contributed by atoms with Crippen molar-refractivity contribution in [3.8, 4) is 0 Å². The lowest BCUT2D eigenvalue weighted by atomic mass is 9.65. The third-order valence-corrected chi connectivity index (χ3v) is 5.05. The number of hydrogen-bond donors (Lipinski definition) is 1. The van der Waals surface area contributed by atoms with E-state index < -0.39 is 0 Å². The van der Waals surface area contributed by atoms with Crippen molar-refractivity contribution in [2.24, 2.45) is 23.2 Å². The van der Waals surface area contributed by atoms with E-state index in [2.05, 4.69) is 13.8 Å². The highest BCUT2D eigenvalue weighted by Gasteiger charge is 2.55. The van der Waals surface area contributed by atoms with E-state index >= 15 is 0 Å². The summed E-state index contributed by atoms with van der Waals surface area (Å²) in [6, 6.07) is 0. The summed E-state index contributed by atoms with van der Waals surface area (Å²) in [7, 11) is 0. The lowest BCUT2D eigenvalue weighted by molar-refractivity contribution is -0.00965. The van der Waals surface area contributed by atoms with Gasteiger partial charge in [-0.2, -0.15) is 0 Å². The fraction of sp³-hybridized carbons (Fsp3) is 0.846. The van der Waals surface area contributed by atoms with Gasteiger partial charge >= 0.3 is 0 Å². The Morgan fingerprint density at radius 3 is 2.64 bits per heavy atom. The Kier molecular flexibility index (Phi) is 2.46. The van der Waals surface area contributed by atoms with Crippen LogP contribution >= 0.6 is 0 Å². The average Bonchev–Trinajstić information content (AvgIpc) is 2.71. The van der Waals surface area contributed by atoms with Gasteiger partial charge in [0, 0.05) is 5.41 Å². The van der Waals surface area contributed by atoms with Gasteiger partial charge in [-0.05, 0) is 43.9 Å². The fourth-order valence-electron chi connectivity index (χ4n) is 3.82. The van der Waals surface area contributed by atoms with E-state index in [4.69, 9.17) is 0 Å². The summed E-state index contributed by atoms with van der Waals surface area (Å²) >= 11 is 0. The standard InChI is InChI=1S/C13H22O/c1-4-5-12(14)13(3)9(2)10-6-7-11(13)8-10/h4-5,9-12,14H,6-8H2,1-3H3/b5-4+. The largest absolute Gasteiger partial charge is 0.388 e. The van der Waals surface area contributed by atoms with Crippen LogP contribution in [0.25, 0.3) is 0 Å². The maximum Gasteiger partial charge on any atom is 0.0779 e. The first-order valence-corrected chi connectivity index (χ1v) is 5.91. The monoisotopic (exact) mass is 194 g/mol. The lowest BCUT2D eigenvalue weighted by Crippen LogP contribution is -2.41. The van der Waals surface area contributed by atoms with Crippen LogP contribution in [0.5, 0.6) is 0 Å². The minimum atomic E-state index is -0.238. The van der Waals surface area contributed by atoms with Crippen LogP contribution in [0.4, 0.5) is 0 Å². The Balaban J connectivity index is 2.22. The zero-order valence-electron chi connectivity index (χ0n) is 9.53. The molecule has 0 aromatic carbocycles. The van der Waals surface area contributed by atoms with E-state index in [1.54, 1.807) is 0 Å². The number of allylic oxidation sites excluding steroid dienone is 1. The zero-order chi connectivity index (χ0) is 10.3. The molecular weight excluding hydrogens is 172 g/mol. The molecule has 0 aromatic heterocycles. The maximum atomic E-state index is 10.2. The minimum absolute atomic E-state index is 0.148. The molecule has 0 saturated heterocycles. The van der Waals surface area contributed by atoms with E-state index in [-0.39, 0.29) is 11.5 Å². The van der Waals surface area contributed by atoms with Gasteiger partial charge in [-0.25, -0.2) is 0 Å². The molecule has 0 radical (unpaired) electrons. The number of aliphatic hydroxyl groups excluding tert-OH is 1. The SMILES string of the molecule is C/C=C/C(O)C1(C)C2CCC(C2)C1C. The molecule has 0 heterocycles. The van der Waals surface area contributed by atoms with Crippen LogP contribution in [-0.4, -0.2) is 11.2 Å². The van der Waals surface area contributed by atoms with Crippen molar-refractivity contribution in [1.82, 2.24) is 0 Å². The molecule has 80 valence electrons. The summed E-state index contributed by atoms with van der Waals surface area (Å²) in [5, 5.41) is 10.2. The highest BCUT2D eigenvalue weighted by molar-refractivity contribution is 5.09. The highest BCUT2D eigenvalue weighted by atomic mass is 16.3. The Bertz CT molecular complexity index is 242. The first kappa shape index (κ1) is 10.2. The van der Waals surface area contributed by atoms with Gasteiger partial charge in [0.25, 0.3) is 0 Å². The van der Waals surface area contributed by atoms with Gasteiger partial charge < -0.3 is 5.11 Å². The van der Waals surface area contributed by atoms with Crippen LogP contribution in [0.3, 0.4) is 0 Å². The molecule has 2 saturated carbocycles. The summed E-state index contributed by atoms with van der Waals surface area (Å²) in [6.07, 6.45) is 7.79. The molecule has 14 heavy (non-hydrogen) atoms. The summed E-state index contributed by atoms with van der Waals surface area (Å²) in [6.45, 7) is 6.60. The second-order valence-corrected chi connectivity index (χ2v) is 5.40. The normalized spacial score (nSPS) is 49.0. The second-order valence-electron chi connectivity index (χ2n) is 5.40. The van der Waals surface area contributed by atoms with Gasteiger partial charge in [0.1, 0.15) is 0 Å². The van der Waals surface area contributed by atoms with E-state index in [1.807, 2.05) is 19.1 Å². The summed E-state index contributed by atoms with van der Waals surface area (Å²) in [5.74, 6) is 2.33. The van der Waals surface area contributed by atoms with Gasteiger partial charge in [-0.15, -0.1) is 0 Å². The lowest BCUT2D eigenvalue weighted by Gasteiger charge is -2.42. The zero-order valence-corrected chi connectivity index (χ0v) is 9.53. The van der Waals surface area contributed by atoms with Crippen molar-refractivity contribution in [2.45, 2.75) is 46.1 Å². The molecule has 1 heteroatoms. The van der Waals surface area contributed by atoms with Crippen molar-refractivity contribution in [2.75, 3.05) is 0 Å². The van der Waals surface area contributed by atoms with E-state index in [0.717, 1.165) is 11.8 Å². The van der Waals surface area contributed by atoms with Crippen molar-refractivity contribution in [3.63, 3.8) is 0 Å². The van der Waals surface area contributed by atoms with Crippen molar-refractivity contribution < 1.29 is 5.11 Å². The molecule has 0 spiro atoms. The van der Waals surface area contributed by atoms with Crippen LogP contribution in [0, 0.1) is 23.2 Å². The molecule has 2 aliphatic rings. The molecule has 0 aromatic rings. The molecule has 1 nitrogen and oxygen atoms in total. The third-order valence-electron chi connectivity index (χ3n) is 5.05. The number of fused-ring (bicyclic) bond motifs is 2. The smallest absolute Gasteiger partial charge is 0.0779 e. The van der Waals surface area contributed by atoms with Gasteiger partial charge in [-0.3, -0.25) is 0 Å². The van der Waals surface area contributed by atoms with Crippen molar-refractivity contribution in [3.05, 3.63) is 12.2 Å². The maximum absolute atomic E-state index is 10.2. The van der Waals surface area contributed by atoms with E-state index in [9.17, 15) is 5.11 Å². The number of aliphatic hydroxyl groups is 1. The summed E-state index contributed by atoms with van der Waals surface area (Å²) in [4.78, 5) is 0.